The van der Waals surface area contributed by atoms with Gasteiger partial charge in [-0.1, -0.05) is 0 Å². The smallest absolute Gasteiger partial charge is 0.410 e. The minimum atomic E-state index is -0.177. The molecule has 1 fully saturated rings. The predicted octanol–water partition coefficient (Wildman–Crippen LogP) is 1.22. The van der Waals surface area contributed by atoms with E-state index in [0.29, 0.717) is 0 Å². The van der Waals surface area contributed by atoms with Crippen LogP contribution in [0.15, 0.2) is 0 Å². The molecular formula is C10H20N2O2. The van der Waals surface area contributed by atoms with Crippen molar-refractivity contribution < 1.29 is 9.53 Å². The van der Waals surface area contributed by atoms with Crippen molar-refractivity contribution in [1.29, 1.82) is 0 Å². The number of rotatable bonds is 3. The van der Waals surface area contributed by atoms with Crippen molar-refractivity contribution >= 4 is 6.09 Å². The SMILES string of the molecule is CCN(CC)C(=O)O[C@H]1CCCNC1. The first-order chi connectivity index (χ1) is 6.77. The Morgan fingerprint density at radius 2 is 2.21 bits per heavy atom. The molecule has 0 spiro atoms. The van der Waals surface area contributed by atoms with Gasteiger partial charge < -0.3 is 15.0 Å². The summed E-state index contributed by atoms with van der Waals surface area (Å²) >= 11 is 0. The van der Waals surface area contributed by atoms with E-state index in [0.717, 1.165) is 39.0 Å². The van der Waals surface area contributed by atoms with Gasteiger partial charge in [-0.25, -0.2) is 4.79 Å². The Bertz CT molecular complexity index is 175. The maximum atomic E-state index is 11.5. The van der Waals surface area contributed by atoms with Gasteiger partial charge in [-0.2, -0.15) is 0 Å². The third-order valence-electron chi connectivity index (χ3n) is 2.54. The highest BCUT2D eigenvalue weighted by atomic mass is 16.6. The van der Waals surface area contributed by atoms with E-state index in [4.69, 9.17) is 4.74 Å². The summed E-state index contributed by atoms with van der Waals surface area (Å²) < 4.78 is 5.36. The molecule has 0 saturated carbocycles. The molecule has 0 aromatic carbocycles. The van der Waals surface area contributed by atoms with Crippen LogP contribution in [0.4, 0.5) is 4.79 Å². The molecule has 1 saturated heterocycles. The second-order valence-electron chi connectivity index (χ2n) is 3.52. The zero-order valence-corrected chi connectivity index (χ0v) is 9.08. The molecule has 1 N–H and O–H groups in total. The number of nitrogens with zero attached hydrogens (tertiary/aromatic N) is 1. The summed E-state index contributed by atoms with van der Waals surface area (Å²) in [6, 6.07) is 0. The zero-order chi connectivity index (χ0) is 10.4. The van der Waals surface area contributed by atoms with E-state index in [1.807, 2.05) is 13.8 Å². The van der Waals surface area contributed by atoms with E-state index in [9.17, 15) is 4.79 Å². The quantitative estimate of drug-likeness (QED) is 0.744. The number of hydrogen-bond donors (Lipinski definition) is 1. The van der Waals surface area contributed by atoms with Crippen LogP contribution in [0, 0.1) is 0 Å². The Labute approximate surface area is 85.6 Å². The second-order valence-corrected chi connectivity index (χ2v) is 3.52. The Balaban J connectivity index is 2.30. The van der Waals surface area contributed by atoms with Crippen molar-refractivity contribution in [2.24, 2.45) is 0 Å². The van der Waals surface area contributed by atoms with Crippen LogP contribution < -0.4 is 5.32 Å². The third kappa shape index (κ3) is 3.18. The highest BCUT2D eigenvalue weighted by molar-refractivity contribution is 5.67. The molecule has 1 atom stereocenters. The van der Waals surface area contributed by atoms with Gasteiger partial charge in [0.2, 0.25) is 0 Å². The Hall–Kier alpha value is -0.770. The average Bonchev–Trinajstić information content (AvgIpc) is 2.21. The van der Waals surface area contributed by atoms with Crippen molar-refractivity contribution in [2.45, 2.75) is 32.8 Å². The van der Waals surface area contributed by atoms with Crippen molar-refractivity contribution in [1.82, 2.24) is 10.2 Å². The Morgan fingerprint density at radius 1 is 1.50 bits per heavy atom. The maximum absolute atomic E-state index is 11.5. The summed E-state index contributed by atoms with van der Waals surface area (Å²) in [5.41, 5.74) is 0. The van der Waals surface area contributed by atoms with E-state index in [1.54, 1.807) is 4.90 Å². The lowest BCUT2D eigenvalue weighted by molar-refractivity contribution is 0.0540. The first-order valence-electron chi connectivity index (χ1n) is 5.44. The van der Waals surface area contributed by atoms with Gasteiger partial charge in [-0.05, 0) is 33.2 Å². The summed E-state index contributed by atoms with van der Waals surface area (Å²) in [5.74, 6) is 0. The zero-order valence-electron chi connectivity index (χ0n) is 9.08. The predicted molar refractivity (Wildman–Crippen MR) is 55.3 cm³/mol. The molecule has 82 valence electrons. The van der Waals surface area contributed by atoms with Gasteiger partial charge in [0.15, 0.2) is 0 Å². The first-order valence-corrected chi connectivity index (χ1v) is 5.44. The van der Waals surface area contributed by atoms with E-state index in [-0.39, 0.29) is 12.2 Å². The lowest BCUT2D eigenvalue weighted by Gasteiger charge is -2.26. The fourth-order valence-corrected chi connectivity index (χ4v) is 1.62. The molecule has 1 amide bonds. The largest absolute Gasteiger partial charge is 0.445 e. The molecule has 0 radical (unpaired) electrons. The fraction of sp³-hybridized carbons (Fsp3) is 0.900. The van der Waals surface area contributed by atoms with Crippen LogP contribution in [0.1, 0.15) is 26.7 Å². The second kappa shape index (κ2) is 5.86. The third-order valence-corrected chi connectivity index (χ3v) is 2.54. The lowest BCUT2D eigenvalue weighted by Crippen LogP contribution is -2.40. The number of piperidine rings is 1. The minimum Gasteiger partial charge on any atom is -0.445 e. The molecule has 1 rings (SSSR count). The molecule has 0 aromatic heterocycles. The normalized spacial score (nSPS) is 21.7. The molecule has 14 heavy (non-hydrogen) atoms. The first kappa shape index (κ1) is 11.3. The Morgan fingerprint density at radius 3 is 2.71 bits per heavy atom. The maximum Gasteiger partial charge on any atom is 0.410 e. The molecule has 1 aliphatic heterocycles. The minimum absolute atomic E-state index is 0.0665. The average molecular weight is 200 g/mol. The van der Waals surface area contributed by atoms with E-state index in [2.05, 4.69) is 5.32 Å². The van der Waals surface area contributed by atoms with E-state index < -0.39 is 0 Å². The van der Waals surface area contributed by atoms with Crippen LogP contribution in [0.25, 0.3) is 0 Å². The van der Waals surface area contributed by atoms with Crippen LogP contribution in [-0.4, -0.2) is 43.3 Å². The Kier molecular flexibility index (Phi) is 4.73. The number of amides is 1. The summed E-state index contributed by atoms with van der Waals surface area (Å²) in [6.45, 7) is 7.20. The van der Waals surface area contributed by atoms with Crippen LogP contribution in [0.3, 0.4) is 0 Å². The number of carbonyl (C=O) groups excluding carboxylic acids is 1. The molecule has 1 heterocycles. The van der Waals surface area contributed by atoms with Gasteiger partial charge in [0.25, 0.3) is 0 Å². The van der Waals surface area contributed by atoms with Gasteiger partial charge in [0.05, 0.1) is 0 Å². The molecular weight excluding hydrogens is 180 g/mol. The summed E-state index contributed by atoms with van der Waals surface area (Å²) in [7, 11) is 0. The van der Waals surface area contributed by atoms with Crippen molar-refractivity contribution in [2.75, 3.05) is 26.2 Å². The molecule has 0 aliphatic carbocycles. The highest BCUT2D eigenvalue weighted by Crippen LogP contribution is 2.07. The van der Waals surface area contributed by atoms with Gasteiger partial charge in [-0.15, -0.1) is 0 Å². The summed E-state index contributed by atoms with van der Waals surface area (Å²) in [5, 5.41) is 3.22. The molecule has 0 unspecified atom stereocenters. The van der Waals surface area contributed by atoms with Crippen LogP contribution in [-0.2, 0) is 4.74 Å². The molecule has 0 bridgehead atoms. The van der Waals surface area contributed by atoms with Gasteiger partial charge in [0.1, 0.15) is 6.10 Å². The van der Waals surface area contributed by atoms with Crippen LogP contribution >= 0.6 is 0 Å². The van der Waals surface area contributed by atoms with Crippen LogP contribution in [0.2, 0.25) is 0 Å². The topological polar surface area (TPSA) is 41.6 Å². The fourth-order valence-electron chi connectivity index (χ4n) is 1.62. The number of hydrogen-bond acceptors (Lipinski definition) is 3. The van der Waals surface area contributed by atoms with Gasteiger partial charge >= 0.3 is 6.09 Å². The van der Waals surface area contributed by atoms with Gasteiger partial charge in [-0.3, -0.25) is 0 Å². The number of carbonyl (C=O) groups is 1. The molecule has 4 heteroatoms. The number of ether oxygens (including phenoxy) is 1. The summed E-state index contributed by atoms with van der Waals surface area (Å²) in [6.07, 6.45) is 1.97. The molecule has 1 aliphatic rings. The summed E-state index contributed by atoms with van der Waals surface area (Å²) in [4.78, 5) is 13.3. The number of nitrogens with one attached hydrogen (secondary N) is 1. The molecule has 4 nitrogen and oxygen atoms in total. The molecule has 0 aromatic rings. The van der Waals surface area contributed by atoms with E-state index in [1.165, 1.54) is 0 Å². The van der Waals surface area contributed by atoms with Crippen molar-refractivity contribution in [3.63, 3.8) is 0 Å². The standard InChI is InChI=1S/C10H20N2O2/c1-3-12(4-2)10(13)14-9-6-5-7-11-8-9/h9,11H,3-8H2,1-2H3/t9-/m0/s1. The lowest BCUT2D eigenvalue weighted by atomic mass is 10.1. The van der Waals surface area contributed by atoms with Crippen LogP contribution in [0.5, 0.6) is 0 Å². The van der Waals surface area contributed by atoms with Crippen molar-refractivity contribution in [3.05, 3.63) is 0 Å². The monoisotopic (exact) mass is 200 g/mol. The van der Waals surface area contributed by atoms with Crippen molar-refractivity contribution in [3.8, 4) is 0 Å². The van der Waals surface area contributed by atoms with E-state index >= 15 is 0 Å². The highest BCUT2D eigenvalue weighted by Gasteiger charge is 2.19. The van der Waals surface area contributed by atoms with Gasteiger partial charge in [0, 0.05) is 19.6 Å².